The Labute approximate surface area is 154 Å². The van der Waals surface area contributed by atoms with Crippen molar-refractivity contribution in [1.29, 1.82) is 0 Å². The molecule has 3 aromatic carbocycles. The summed E-state index contributed by atoms with van der Waals surface area (Å²) in [5.74, 6) is 2.60. The zero-order chi connectivity index (χ0) is 16.9. The highest BCUT2D eigenvalue weighted by atomic mass is 14.7. The molecule has 0 heterocycles. The van der Waals surface area contributed by atoms with Gasteiger partial charge in [-0.15, -0.1) is 0 Å². The minimum Gasteiger partial charge on any atom is -0.0620 e. The molecule has 0 N–H and O–H groups in total. The fraction of sp³-hybridized carbons (Fsp3) is 0.308. The predicted octanol–water partition coefficient (Wildman–Crippen LogP) is 6.33. The van der Waals surface area contributed by atoms with Crippen molar-refractivity contribution in [2.24, 2.45) is 5.41 Å². The molecule has 0 aliphatic heterocycles. The van der Waals surface area contributed by atoms with Crippen molar-refractivity contribution in [2.75, 3.05) is 0 Å². The van der Waals surface area contributed by atoms with E-state index < -0.39 is 0 Å². The largest absolute Gasteiger partial charge is 0.0620 e. The van der Waals surface area contributed by atoms with E-state index >= 15 is 0 Å². The average molecular weight is 334 g/mol. The van der Waals surface area contributed by atoms with Gasteiger partial charge in [-0.2, -0.15) is 0 Å². The van der Waals surface area contributed by atoms with Crippen LogP contribution < -0.4 is 0 Å². The molecule has 0 saturated heterocycles. The van der Waals surface area contributed by atoms with Crippen LogP contribution in [0.2, 0.25) is 0 Å². The van der Waals surface area contributed by atoms with Crippen LogP contribution in [0.15, 0.2) is 72.8 Å². The minimum absolute atomic E-state index is 0.356. The zero-order valence-corrected chi connectivity index (χ0v) is 14.9. The molecule has 5 atom stereocenters. The van der Waals surface area contributed by atoms with Crippen LogP contribution in [0.1, 0.15) is 76.3 Å². The molecule has 4 aliphatic rings. The summed E-state index contributed by atoms with van der Waals surface area (Å²) < 4.78 is 0. The molecule has 0 heteroatoms. The third-order valence-corrected chi connectivity index (χ3v) is 8.18. The van der Waals surface area contributed by atoms with E-state index in [0.717, 1.165) is 0 Å². The van der Waals surface area contributed by atoms with Crippen molar-refractivity contribution >= 4 is 0 Å². The molecule has 0 amide bonds. The van der Waals surface area contributed by atoms with E-state index in [1.54, 1.807) is 33.4 Å². The maximum Gasteiger partial charge on any atom is 0.0172 e. The predicted molar refractivity (Wildman–Crippen MR) is 105 cm³/mol. The molecule has 1 spiro atoms. The summed E-state index contributed by atoms with van der Waals surface area (Å²) in [6.07, 6.45) is 4.10. The summed E-state index contributed by atoms with van der Waals surface area (Å²) in [6, 6.07) is 28.2. The molecule has 1 saturated carbocycles. The fourth-order valence-electron chi connectivity index (χ4n) is 7.72. The lowest BCUT2D eigenvalue weighted by atomic mass is 9.56. The van der Waals surface area contributed by atoms with E-state index in [1.807, 2.05) is 0 Å². The molecule has 0 bridgehead atoms. The molecule has 26 heavy (non-hydrogen) atoms. The van der Waals surface area contributed by atoms with Crippen LogP contribution in [0.5, 0.6) is 0 Å². The van der Waals surface area contributed by atoms with E-state index in [0.29, 0.717) is 29.1 Å². The van der Waals surface area contributed by atoms with Crippen molar-refractivity contribution in [3.05, 3.63) is 106 Å². The lowest BCUT2D eigenvalue weighted by Gasteiger charge is -2.46. The Kier molecular flexibility index (Phi) is 2.38. The Morgan fingerprint density at radius 2 is 0.846 bits per heavy atom. The molecule has 126 valence electrons. The summed E-state index contributed by atoms with van der Waals surface area (Å²) in [5.41, 5.74) is 10.2. The van der Waals surface area contributed by atoms with E-state index in [4.69, 9.17) is 0 Å². The summed E-state index contributed by atoms with van der Waals surface area (Å²) in [6.45, 7) is 0. The first-order chi connectivity index (χ1) is 12.9. The third-order valence-electron chi connectivity index (χ3n) is 8.18. The molecule has 1 fully saturated rings. The van der Waals surface area contributed by atoms with Crippen LogP contribution >= 0.6 is 0 Å². The van der Waals surface area contributed by atoms with Gasteiger partial charge < -0.3 is 0 Å². The Bertz CT molecular complexity index is 974. The van der Waals surface area contributed by atoms with Gasteiger partial charge in [-0.25, -0.2) is 0 Å². The molecule has 4 aliphatic carbocycles. The maximum absolute atomic E-state index is 2.44. The number of hydrogen-bond donors (Lipinski definition) is 0. The monoisotopic (exact) mass is 334 g/mol. The number of fused-ring (bicyclic) bond motifs is 9. The number of hydrogen-bond acceptors (Lipinski definition) is 0. The van der Waals surface area contributed by atoms with Gasteiger partial charge in [-0.3, -0.25) is 0 Å². The second kappa shape index (κ2) is 4.49. The SMILES string of the molecule is c1ccc2c(c1)[C@@H]1c3ccccc3[C@@H]3CCC[C@@H]4c5ccccc5[C@H]2C143. The van der Waals surface area contributed by atoms with Crippen molar-refractivity contribution in [3.8, 4) is 0 Å². The minimum atomic E-state index is 0.356. The molecule has 0 nitrogen and oxygen atoms in total. The molecule has 1 unspecified atom stereocenters. The lowest BCUT2D eigenvalue weighted by molar-refractivity contribution is 0.125. The first-order valence-electron chi connectivity index (χ1n) is 10.2. The van der Waals surface area contributed by atoms with Crippen LogP contribution in [0.25, 0.3) is 0 Å². The summed E-state index contributed by atoms with van der Waals surface area (Å²) in [5, 5.41) is 0. The van der Waals surface area contributed by atoms with Crippen LogP contribution in [-0.4, -0.2) is 0 Å². The Balaban J connectivity index is 1.64. The molecule has 3 aromatic rings. The van der Waals surface area contributed by atoms with Crippen molar-refractivity contribution in [2.45, 2.75) is 42.9 Å². The second-order valence-corrected chi connectivity index (χ2v) is 8.79. The highest BCUT2D eigenvalue weighted by Gasteiger charge is 2.69. The fourth-order valence-corrected chi connectivity index (χ4v) is 7.72. The van der Waals surface area contributed by atoms with Gasteiger partial charge in [-0.1, -0.05) is 79.2 Å². The van der Waals surface area contributed by atoms with E-state index in [-0.39, 0.29) is 0 Å². The average Bonchev–Trinajstić information content (AvgIpc) is 3.26. The Morgan fingerprint density at radius 1 is 0.500 bits per heavy atom. The number of benzene rings is 3. The molecule has 7 rings (SSSR count). The zero-order valence-electron chi connectivity index (χ0n) is 14.9. The topological polar surface area (TPSA) is 0 Å². The van der Waals surface area contributed by atoms with Gasteiger partial charge in [0.2, 0.25) is 0 Å². The van der Waals surface area contributed by atoms with Gasteiger partial charge in [0, 0.05) is 17.3 Å². The van der Waals surface area contributed by atoms with Crippen LogP contribution in [0.4, 0.5) is 0 Å². The van der Waals surface area contributed by atoms with Crippen LogP contribution in [0.3, 0.4) is 0 Å². The Morgan fingerprint density at radius 3 is 1.27 bits per heavy atom. The van der Waals surface area contributed by atoms with E-state index in [2.05, 4.69) is 72.8 Å². The normalized spacial score (nSPS) is 34.6. The smallest absolute Gasteiger partial charge is 0.0172 e. The maximum atomic E-state index is 2.44. The summed E-state index contributed by atoms with van der Waals surface area (Å²) in [4.78, 5) is 0. The lowest BCUT2D eigenvalue weighted by Crippen LogP contribution is -2.37. The van der Waals surface area contributed by atoms with E-state index in [1.165, 1.54) is 19.3 Å². The highest BCUT2D eigenvalue weighted by molar-refractivity contribution is 5.66. The van der Waals surface area contributed by atoms with Gasteiger partial charge in [0.15, 0.2) is 0 Å². The molecule has 0 radical (unpaired) electrons. The first kappa shape index (κ1) is 13.8. The summed E-state index contributed by atoms with van der Waals surface area (Å²) >= 11 is 0. The Hall–Kier alpha value is -2.34. The van der Waals surface area contributed by atoms with Crippen LogP contribution in [-0.2, 0) is 0 Å². The van der Waals surface area contributed by atoms with Gasteiger partial charge in [0.1, 0.15) is 0 Å². The molecular weight excluding hydrogens is 312 g/mol. The van der Waals surface area contributed by atoms with Crippen molar-refractivity contribution in [3.63, 3.8) is 0 Å². The van der Waals surface area contributed by atoms with Gasteiger partial charge in [0.25, 0.3) is 0 Å². The first-order valence-corrected chi connectivity index (χ1v) is 10.2. The summed E-state index contributed by atoms with van der Waals surface area (Å²) in [7, 11) is 0. The van der Waals surface area contributed by atoms with Gasteiger partial charge in [0.05, 0.1) is 0 Å². The standard InChI is InChI=1S/C26H22/c1-3-10-18-16(8-1)22-14-7-15-23-17-9-2-4-11-19(17)25-21-13-6-5-12-20(21)24(18)26(22,23)25/h1-6,8-13,22-25H,7,14-15H2/t22-,23+,24-,25+,26?. The van der Waals surface area contributed by atoms with Gasteiger partial charge >= 0.3 is 0 Å². The van der Waals surface area contributed by atoms with Crippen LogP contribution in [0, 0.1) is 5.41 Å². The quantitative estimate of drug-likeness (QED) is 0.451. The third kappa shape index (κ3) is 1.29. The number of rotatable bonds is 0. The van der Waals surface area contributed by atoms with Crippen molar-refractivity contribution < 1.29 is 0 Å². The molecular formula is C26H22. The van der Waals surface area contributed by atoms with E-state index in [9.17, 15) is 0 Å². The second-order valence-electron chi connectivity index (χ2n) is 8.79. The highest BCUT2D eigenvalue weighted by Crippen LogP contribution is 2.80. The van der Waals surface area contributed by atoms with Crippen molar-refractivity contribution in [1.82, 2.24) is 0 Å². The van der Waals surface area contributed by atoms with Gasteiger partial charge in [-0.05, 0) is 58.1 Å². The molecule has 0 aromatic heterocycles.